The molecular weight excluding hydrogens is 396 g/mol. The number of hydrogen-bond acceptors (Lipinski definition) is 3. The van der Waals surface area contributed by atoms with Crippen molar-refractivity contribution in [3.63, 3.8) is 0 Å². The summed E-state index contributed by atoms with van der Waals surface area (Å²) < 4.78 is 9.09. The van der Waals surface area contributed by atoms with Gasteiger partial charge in [0.15, 0.2) is 0 Å². The molecule has 0 saturated carbocycles. The van der Waals surface area contributed by atoms with Crippen molar-refractivity contribution in [1.82, 2.24) is 8.75 Å². The van der Waals surface area contributed by atoms with E-state index in [2.05, 4.69) is 106 Å². The average Bonchev–Trinajstić information content (AvgIpc) is 3.29. The highest BCUT2D eigenvalue weighted by Gasteiger charge is 2.07. The molecule has 0 spiro atoms. The second-order valence-corrected chi connectivity index (χ2v) is 7.73. The molecule has 0 unspecified atom stereocenters. The van der Waals surface area contributed by atoms with Crippen molar-refractivity contribution in [3.05, 3.63) is 106 Å². The first-order valence-corrected chi connectivity index (χ1v) is 11.1. The van der Waals surface area contributed by atoms with Crippen LogP contribution in [0.15, 0.2) is 72.8 Å². The smallest absolute Gasteiger partial charge is 0.112 e. The summed E-state index contributed by atoms with van der Waals surface area (Å²) in [6.45, 7) is 4.06. The largest absolute Gasteiger partial charge is 0.172 e. The maximum absolute atomic E-state index is 4.55. The minimum absolute atomic E-state index is 0.942. The Kier molecular flexibility index (Phi) is 6.65. The number of allylic oxidation sites excluding steroid dienone is 2. The van der Waals surface area contributed by atoms with Crippen molar-refractivity contribution in [2.75, 3.05) is 0 Å². The minimum atomic E-state index is 0.942. The molecule has 1 heterocycles. The van der Waals surface area contributed by atoms with Gasteiger partial charge in [-0.2, -0.15) is 8.75 Å². The summed E-state index contributed by atoms with van der Waals surface area (Å²) in [5.74, 6) is 0. The molecule has 0 atom stereocenters. The van der Waals surface area contributed by atoms with Crippen LogP contribution in [0.3, 0.4) is 0 Å². The highest BCUT2D eigenvalue weighted by atomic mass is 32.1. The summed E-state index contributed by atoms with van der Waals surface area (Å²) in [4.78, 5) is 0. The van der Waals surface area contributed by atoms with Gasteiger partial charge in [0.05, 0.1) is 11.7 Å². The van der Waals surface area contributed by atoms with Crippen LogP contribution >= 0.6 is 11.7 Å². The van der Waals surface area contributed by atoms with Gasteiger partial charge in [0.25, 0.3) is 0 Å². The fraction of sp³-hybridized carbons (Fsp3) is 0.0714. The molecular formula is C28H24N2S. The second kappa shape index (κ2) is 9.96. The summed E-state index contributed by atoms with van der Waals surface area (Å²) in [5, 5.41) is 0. The number of rotatable bonds is 6. The van der Waals surface area contributed by atoms with Crippen molar-refractivity contribution in [1.29, 1.82) is 0 Å². The fourth-order valence-corrected chi connectivity index (χ4v) is 3.96. The summed E-state index contributed by atoms with van der Waals surface area (Å²) in [5.41, 5.74) is 8.78. The zero-order valence-electron chi connectivity index (χ0n) is 17.7. The number of hydrogen-bond donors (Lipinski definition) is 0. The van der Waals surface area contributed by atoms with Gasteiger partial charge < -0.3 is 0 Å². The zero-order chi connectivity index (χ0) is 21.5. The lowest BCUT2D eigenvalue weighted by Gasteiger charge is -2.01. The Hall–Kier alpha value is -3.56. The minimum Gasteiger partial charge on any atom is -0.172 e. The van der Waals surface area contributed by atoms with E-state index in [1.54, 1.807) is 0 Å². The van der Waals surface area contributed by atoms with E-state index in [9.17, 15) is 0 Å². The van der Waals surface area contributed by atoms with Crippen molar-refractivity contribution < 1.29 is 0 Å². The van der Waals surface area contributed by atoms with Gasteiger partial charge in [-0.3, -0.25) is 0 Å². The van der Waals surface area contributed by atoms with Crippen LogP contribution in [0.25, 0.3) is 47.5 Å². The highest BCUT2D eigenvalue weighted by molar-refractivity contribution is 7.00. The van der Waals surface area contributed by atoms with Crippen LogP contribution in [-0.4, -0.2) is 8.75 Å². The van der Waals surface area contributed by atoms with Crippen LogP contribution in [0, 0.1) is 0 Å². The summed E-state index contributed by atoms with van der Waals surface area (Å²) in [7, 11) is 0. The predicted octanol–water partition coefficient (Wildman–Crippen LogP) is 8.10. The molecule has 0 aliphatic heterocycles. The summed E-state index contributed by atoms with van der Waals surface area (Å²) >= 11 is 1.26. The van der Waals surface area contributed by atoms with Crippen molar-refractivity contribution in [2.24, 2.45) is 0 Å². The Morgan fingerprint density at radius 1 is 0.484 bits per heavy atom. The maximum Gasteiger partial charge on any atom is 0.112 e. The molecule has 0 aliphatic rings. The van der Waals surface area contributed by atoms with Gasteiger partial charge in [0, 0.05) is 11.1 Å². The van der Waals surface area contributed by atoms with Crippen LogP contribution in [0.1, 0.15) is 47.2 Å². The Labute approximate surface area is 187 Å². The molecule has 4 rings (SSSR count). The first-order valence-electron chi connectivity index (χ1n) is 10.3. The molecule has 31 heavy (non-hydrogen) atoms. The topological polar surface area (TPSA) is 25.8 Å². The maximum atomic E-state index is 4.55. The SMILES string of the molecule is CC=Cc1ccc(C=Cc2ccc(C=Cc3ccc(C=CC)cc3)c3nsnc23)cc1. The van der Waals surface area contributed by atoms with Crippen LogP contribution in [-0.2, 0) is 0 Å². The number of benzene rings is 3. The molecule has 0 amide bonds. The van der Waals surface area contributed by atoms with Gasteiger partial charge >= 0.3 is 0 Å². The Balaban J connectivity index is 1.56. The quantitative estimate of drug-likeness (QED) is 0.294. The molecule has 0 saturated heterocycles. The van der Waals surface area contributed by atoms with E-state index >= 15 is 0 Å². The normalized spacial score (nSPS) is 12.3. The number of aromatic nitrogens is 2. The van der Waals surface area contributed by atoms with Crippen LogP contribution < -0.4 is 0 Å². The molecule has 0 fully saturated rings. The summed E-state index contributed by atoms with van der Waals surface area (Å²) in [6.07, 6.45) is 16.8. The monoisotopic (exact) mass is 420 g/mol. The van der Waals surface area contributed by atoms with Gasteiger partial charge in [-0.25, -0.2) is 0 Å². The van der Waals surface area contributed by atoms with E-state index in [1.807, 2.05) is 26.0 Å². The Morgan fingerprint density at radius 2 is 0.839 bits per heavy atom. The van der Waals surface area contributed by atoms with E-state index in [0.29, 0.717) is 0 Å². The molecule has 3 aromatic carbocycles. The second-order valence-electron chi connectivity index (χ2n) is 7.21. The number of fused-ring (bicyclic) bond motifs is 1. The molecule has 0 N–H and O–H groups in total. The lowest BCUT2D eigenvalue weighted by atomic mass is 10.0. The number of nitrogens with zero attached hydrogens (tertiary/aromatic N) is 2. The summed E-state index contributed by atoms with van der Waals surface area (Å²) in [6, 6.07) is 21.2. The molecule has 0 bridgehead atoms. The predicted molar refractivity (Wildman–Crippen MR) is 138 cm³/mol. The molecule has 1 aromatic heterocycles. The van der Waals surface area contributed by atoms with Gasteiger partial charge in [0.1, 0.15) is 11.0 Å². The Morgan fingerprint density at radius 3 is 1.19 bits per heavy atom. The molecule has 0 radical (unpaired) electrons. The van der Waals surface area contributed by atoms with Gasteiger partial charge in [0.2, 0.25) is 0 Å². The standard InChI is InChI=1S/C28H24N2S/c1-3-5-21-7-11-23(12-8-21)15-17-25-19-20-26(28-27(25)29-31-30-28)18-16-24-13-9-22(6-4-2)10-14-24/h3-20H,1-2H3. The van der Waals surface area contributed by atoms with E-state index in [1.165, 1.54) is 22.9 Å². The lowest BCUT2D eigenvalue weighted by molar-refractivity contribution is 1.58. The lowest BCUT2D eigenvalue weighted by Crippen LogP contribution is -1.83. The van der Waals surface area contributed by atoms with E-state index in [4.69, 9.17) is 0 Å². The van der Waals surface area contributed by atoms with Gasteiger partial charge in [-0.1, -0.05) is 109 Å². The third-order valence-corrected chi connectivity index (χ3v) is 5.51. The van der Waals surface area contributed by atoms with Crippen LogP contribution in [0.2, 0.25) is 0 Å². The fourth-order valence-electron chi connectivity index (χ4n) is 3.37. The zero-order valence-corrected chi connectivity index (χ0v) is 18.5. The third-order valence-electron chi connectivity index (χ3n) is 4.98. The van der Waals surface area contributed by atoms with Gasteiger partial charge in [-0.05, 0) is 36.1 Å². The molecule has 4 aromatic rings. The highest BCUT2D eigenvalue weighted by Crippen LogP contribution is 2.25. The van der Waals surface area contributed by atoms with E-state index in [0.717, 1.165) is 33.3 Å². The first kappa shape index (κ1) is 20.7. The molecule has 2 nitrogen and oxygen atoms in total. The first-order chi connectivity index (χ1) is 15.3. The van der Waals surface area contributed by atoms with E-state index in [-0.39, 0.29) is 0 Å². The third kappa shape index (κ3) is 5.14. The van der Waals surface area contributed by atoms with Crippen LogP contribution in [0.4, 0.5) is 0 Å². The average molecular weight is 421 g/mol. The van der Waals surface area contributed by atoms with Crippen molar-refractivity contribution >= 4 is 59.2 Å². The van der Waals surface area contributed by atoms with Crippen molar-refractivity contribution in [2.45, 2.75) is 13.8 Å². The van der Waals surface area contributed by atoms with Crippen LogP contribution in [0.5, 0.6) is 0 Å². The van der Waals surface area contributed by atoms with Crippen molar-refractivity contribution in [3.8, 4) is 0 Å². The molecule has 3 heteroatoms. The molecule has 0 aliphatic carbocycles. The molecule has 152 valence electrons. The van der Waals surface area contributed by atoms with E-state index < -0.39 is 0 Å². The Bertz CT molecular complexity index is 1170. The van der Waals surface area contributed by atoms with Gasteiger partial charge in [-0.15, -0.1) is 0 Å².